The molecule has 112 valence electrons. The molecule has 2 heterocycles. The van der Waals surface area contributed by atoms with Crippen molar-refractivity contribution in [2.75, 3.05) is 46.3 Å². The number of hydrogen-bond donors (Lipinski definition) is 1. The lowest BCUT2D eigenvalue weighted by Gasteiger charge is -2.34. The number of hydrogen-bond acceptors (Lipinski definition) is 4. The molecule has 7 heteroatoms. The predicted octanol–water partition coefficient (Wildman–Crippen LogP) is -0.429. The van der Waals surface area contributed by atoms with Gasteiger partial charge in [0.1, 0.15) is 0 Å². The van der Waals surface area contributed by atoms with Crippen LogP contribution in [0.4, 0.5) is 0 Å². The largest absolute Gasteiger partial charge is 0.388 e. The van der Waals surface area contributed by atoms with E-state index in [1.54, 1.807) is 6.92 Å². The van der Waals surface area contributed by atoms with Gasteiger partial charge in [-0.15, -0.1) is 0 Å². The zero-order chi connectivity index (χ0) is 14.5. The van der Waals surface area contributed by atoms with Crippen LogP contribution in [0.5, 0.6) is 0 Å². The van der Waals surface area contributed by atoms with Crippen LogP contribution < -0.4 is 0 Å². The molecule has 19 heavy (non-hydrogen) atoms. The van der Waals surface area contributed by atoms with Gasteiger partial charge in [-0.3, -0.25) is 0 Å². The van der Waals surface area contributed by atoms with Gasteiger partial charge in [0.25, 0.3) is 10.2 Å². The van der Waals surface area contributed by atoms with Crippen LogP contribution in [0.1, 0.15) is 20.8 Å². The standard InChI is InChI=1S/C12H25N3O3S/c1-11(2)9-15(10-12(11,3)16)19(17,18)14-7-5-13(4)6-8-14/h16H,5-10H2,1-4H3/t12-/m0/s1. The zero-order valence-electron chi connectivity index (χ0n) is 12.3. The molecule has 0 aromatic rings. The molecular formula is C12H25N3O3S. The molecule has 0 amide bonds. The van der Waals surface area contributed by atoms with Crippen molar-refractivity contribution in [1.82, 2.24) is 13.5 Å². The third kappa shape index (κ3) is 2.67. The Morgan fingerprint density at radius 2 is 1.47 bits per heavy atom. The molecule has 0 spiro atoms. The number of piperazine rings is 1. The van der Waals surface area contributed by atoms with Gasteiger partial charge in [-0.05, 0) is 14.0 Å². The Kier molecular flexibility index (Phi) is 3.73. The summed E-state index contributed by atoms with van der Waals surface area (Å²) in [7, 11) is -1.45. The lowest BCUT2D eigenvalue weighted by molar-refractivity contribution is -0.0101. The van der Waals surface area contributed by atoms with Crippen molar-refractivity contribution >= 4 is 10.2 Å². The molecule has 0 bridgehead atoms. The molecule has 2 aliphatic heterocycles. The van der Waals surface area contributed by atoms with Crippen LogP contribution >= 0.6 is 0 Å². The first kappa shape index (κ1) is 15.2. The van der Waals surface area contributed by atoms with Crippen molar-refractivity contribution in [3.8, 4) is 0 Å². The maximum atomic E-state index is 12.6. The van der Waals surface area contributed by atoms with E-state index in [0.717, 1.165) is 13.1 Å². The van der Waals surface area contributed by atoms with E-state index >= 15 is 0 Å². The summed E-state index contributed by atoms with van der Waals surface area (Å²) >= 11 is 0. The van der Waals surface area contributed by atoms with E-state index in [2.05, 4.69) is 4.90 Å². The van der Waals surface area contributed by atoms with Crippen LogP contribution in [0, 0.1) is 5.41 Å². The molecule has 1 atom stereocenters. The van der Waals surface area contributed by atoms with E-state index in [1.165, 1.54) is 8.61 Å². The summed E-state index contributed by atoms with van der Waals surface area (Å²) in [6.45, 7) is 8.64. The van der Waals surface area contributed by atoms with E-state index in [9.17, 15) is 13.5 Å². The molecule has 2 aliphatic rings. The molecule has 0 saturated carbocycles. The van der Waals surface area contributed by atoms with Crippen molar-refractivity contribution in [2.45, 2.75) is 26.4 Å². The Hall–Kier alpha value is -0.210. The van der Waals surface area contributed by atoms with Gasteiger partial charge in [-0.1, -0.05) is 13.8 Å². The summed E-state index contributed by atoms with van der Waals surface area (Å²) in [5.41, 5.74) is -1.40. The minimum atomic E-state index is -3.45. The van der Waals surface area contributed by atoms with E-state index in [0.29, 0.717) is 19.6 Å². The highest BCUT2D eigenvalue weighted by Crippen LogP contribution is 2.40. The van der Waals surface area contributed by atoms with Gasteiger partial charge in [-0.25, -0.2) is 0 Å². The van der Waals surface area contributed by atoms with Gasteiger partial charge >= 0.3 is 0 Å². The van der Waals surface area contributed by atoms with Crippen LogP contribution in [-0.4, -0.2) is 79.0 Å². The first-order valence-corrected chi connectivity index (χ1v) is 8.12. The fraction of sp³-hybridized carbons (Fsp3) is 1.00. The maximum absolute atomic E-state index is 12.6. The zero-order valence-corrected chi connectivity index (χ0v) is 13.1. The average Bonchev–Trinajstić information content (AvgIpc) is 2.49. The normalized spacial score (nSPS) is 34.8. The molecule has 0 aliphatic carbocycles. The van der Waals surface area contributed by atoms with Gasteiger partial charge in [-0.2, -0.15) is 17.0 Å². The molecule has 2 fully saturated rings. The molecule has 1 N–H and O–H groups in total. The quantitative estimate of drug-likeness (QED) is 0.750. The number of β-amino-alcohol motifs (C(OH)–C–C–N with tert-alkyl or cyclic N) is 1. The van der Waals surface area contributed by atoms with Gasteiger partial charge in [0, 0.05) is 44.7 Å². The molecule has 0 aromatic heterocycles. The second-order valence-electron chi connectivity index (χ2n) is 6.64. The first-order chi connectivity index (χ1) is 8.56. The summed E-state index contributed by atoms with van der Waals surface area (Å²) in [5.74, 6) is 0. The van der Waals surface area contributed by atoms with Gasteiger partial charge in [0.15, 0.2) is 0 Å². The number of nitrogens with zero attached hydrogens (tertiary/aromatic N) is 3. The van der Waals surface area contributed by atoms with E-state index in [4.69, 9.17) is 0 Å². The van der Waals surface area contributed by atoms with Crippen molar-refractivity contribution in [3.63, 3.8) is 0 Å². The first-order valence-electron chi connectivity index (χ1n) is 6.72. The maximum Gasteiger partial charge on any atom is 0.282 e. The molecule has 0 unspecified atom stereocenters. The van der Waals surface area contributed by atoms with Gasteiger partial charge in [0.2, 0.25) is 0 Å². The molecular weight excluding hydrogens is 266 g/mol. The summed E-state index contributed by atoms with van der Waals surface area (Å²) in [6, 6.07) is 0. The monoisotopic (exact) mass is 291 g/mol. The smallest absolute Gasteiger partial charge is 0.282 e. The second-order valence-corrected chi connectivity index (χ2v) is 8.56. The fourth-order valence-corrected chi connectivity index (χ4v) is 4.42. The highest BCUT2D eigenvalue weighted by atomic mass is 32.2. The Labute approximate surface area is 116 Å². The summed E-state index contributed by atoms with van der Waals surface area (Å²) in [6.07, 6.45) is 0. The third-order valence-electron chi connectivity index (χ3n) is 4.63. The Morgan fingerprint density at radius 1 is 0.947 bits per heavy atom. The number of aliphatic hydroxyl groups is 1. The van der Waals surface area contributed by atoms with Crippen molar-refractivity contribution in [1.29, 1.82) is 0 Å². The SMILES string of the molecule is CN1CCN(S(=O)(=O)N2CC(C)(C)[C@@](C)(O)C2)CC1. The summed E-state index contributed by atoms with van der Waals surface area (Å²) in [4.78, 5) is 2.12. The van der Waals surface area contributed by atoms with Gasteiger partial charge in [0.05, 0.1) is 5.60 Å². The summed E-state index contributed by atoms with van der Waals surface area (Å²) in [5, 5.41) is 10.4. The van der Waals surface area contributed by atoms with Crippen molar-refractivity contribution in [3.05, 3.63) is 0 Å². The van der Waals surface area contributed by atoms with Crippen LogP contribution in [0.3, 0.4) is 0 Å². The van der Waals surface area contributed by atoms with Gasteiger partial charge < -0.3 is 10.0 Å². The minimum absolute atomic E-state index is 0.175. The fourth-order valence-electron chi connectivity index (χ4n) is 2.57. The molecule has 2 saturated heterocycles. The van der Waals surface area contributed by atoms with Crippen LogP contribution in [-0.2, 0) is 10.2 Å². The molecule has 2 rings (SSSR count). The molecule has 6 nitrogen and oxygen atoms in total. The number of rotatable bonds is 2. The van der Waals surface area contributed by atoms with Crippen molar-refractivity contribution in [2.24, 2.45) is 5.41 Å². The average molecular weight is 291 g/mol. The van der Waals surface area contributed by atoms with Crippen LogP contribution in [0.25, 0.3) is 0 Å². The predicted molar refractivity (Wildman–Crippen MR) is 74.0 cm³/mol. The lowest BCUT2D eigenvalue weighted by Crippen LogP contribution is -2.52. The molecule has 0 radical (unpaired) electrons. The summed E-state index contributed by atoms with van der Waals surface area (Å²) < 4.78 is 28.1. The minimum Gasteiger partial charge on any atom is -0.388 e. The highest BCUT2D eigenvalue weighted by molar-refractivity contribution is 7.86. The van der Waals surface area contributed by atoms with E-state index in [-0.39, 0.29) is 6.54 Å². The Bertz CT molecular complexity index is 423. The highest BCUT2D eigenvalue weighted by Gasteiger charge is 2.52. The Balaban J connectivity index is 2.14. The van der Waals surface area contributed by atoms with E-state index in [1.807, 2.05) is 20.9 Å². The lowest BCUT2D eigenvalue weighted by atomic mass is 9.79. The number of likely N-dealkylation sites (N-methyl/N-ethyl adjacent to an activating group) is 1. The molecule has 0 aromatic carbocycles. The Morgan fingerprint density at radius 3 is 1.89 bits per heavy atom. The second kappa shape index (κ2) is 4.66. The topological polar surface area (TPSA) is 64.1 Å². The van der Waals surface area contributed by atoms with Crippen LogP contribution in [0.2, 0.25) is 0 Å². The third-order valence-corrected chi connectivity index (χ3v) is 6.56. The van der Waals surface area contributed by atoms with Crippen LogP contribution in [0.15, 0.2) is 0 Å². The van der Waals surface area contributed by atoms with Crippen molar-refractivity contribution < 1.29 is 13.5 Å². The van der Waals surface area contributed by atoms with E-state index < -0.39 is 21.2 Å².